The fourth-order valence-corrected chi connectivity index (χ4v) is 2.33. The van der Waals surface area contributed by atoms with E-state index in [1.807, 2.05) is 0 Å². The second-order valence-corrected chi connectivity index (χ2v) is 7.78. The summed E-state index contributed by atoms with van der Waals surface area (Å²) in [7, 11) is 0. The van der Waals surface area contributed by atoms with Crippen LogP contribution < -0.4 is 5.32 Å². The Hall–Kier alpha value is -0.160. The smallest absolute Gasteiger partial charge is 0.0826 e. The molecule has 1 aliphatic rings. The molecule has 4 nitrogen and oxygen atoms in total. The predicted molar refractivity (Wildman–Crippen MR) is 88.8 cm³/mol. The van der Waals surface area contributed by atoms with Gasteiger partial charge in [0.1, 0.15) is 0 Å². The number of nitrogens with zero attached hydrogens (tertiary/aromatic N) is 1. The molecule has 0 aliphatic carbocycles. The summed E-state index contributed by atoms with van der Waals surface area (Å²) in [5, 5.41) is 3.52. The van der Waals surface area contributed by atoms with Crippen molar-refractivity contribution in [1.82, 2.24) is 10.2 Å². The molecule has 0 bridgehead atoms. The Morgan fingerprint density at radius 2 is 2.05 bits per heavy atom. The molecule has 1 atom stereocenters. The summed E-state index contributed by atoms with van der Waals surface area (Å²) in [6.45, 7) is 18.9. The van der Waals surface area contributed by atoms with Crippen LogP contribution >= 0.6 is 0 Å². The molecule has 21 heavy (non-hydrogen) atoms. The number of nitrogens with one attached hydrogen (secondary N) is 1. The van der Waals surface area contributed by atoms with Gasteiger partial charge in [-0.3, -0.25) is 4.90 Å². The highest BCUT2D eigenvalue weighted by Crippen LogP contribution is 2.11. The molecule has 1 fully saturated rings. The third-order valence-corrected chi connectivity index (χ3v) is 3.64. The van der Waals surface area contributed by atoms with Crippen LogP contribution in [-0.2, 0) is 9.47 Å². The quantitative estimate of drug-likeness (QED) is 0.663. The molecule has 4 heteroatoms. The Labute approximate surface area is 131 Å². The summed E-state index contributed by atoms with van der Waals surface area (Å²) in [6, 6.07) is 0. The molecule has 0 amide bonds. The Balaban J connectivity index is 2.08. The zero-order chi connectivity index (χ0) is 15.7. The summed E-state index contributed by atoms with van der Waals surface area (Å²) in [6.07, 6.45) is 1.47. The molecular formula is C17H36N2O2. The molecule has 1 aliphatic heterocycles. The molecule has 126 valence electrons. The van der Waals surface area contributed by atoms with Crippen LogP contribution in [0, 0.1) is 11.3 Å². The first kappa shape index (κ1) is 18.9. The molecule has 1 N–H and O–H groups in total. The third kappa shape index (κ3) is 10.2. The molecule has 1 unspecified atom stereocenters. The monoisotopic (exact) mass is 300 g/mol. The fourth-order valence-electron chi connectivity index (χ4n) is 2.33. The molecule has 1 rings (SSSR count). The fraction of sp³-hybridized carbons (Fsp3) is 1.00. The zero-order valence-electron chi connectivity index (χ0n) is 14.8. The van der Waals surface area contributed by atoms with Crippen molar-refractivity contribution in [2.24, 2.45) is 11.3 Å². The van der Waals surface area contributed by atoms with E-state index >= 15 is 0 Å². The number of morpholine rings is 1. The van der Waals surface area contributed by atoms with Crippen LogP contribution in [0.15, 0.2) is 0 Å². The van der Waals surface area contributed by atoms with Crippen LogP contribution in [0.4, 0.5) is 0 Å². The van der Waals surface area contributed by atoms with Gasteiger partial charge in [0.05, 0.1) is 19.3 Å². The average molecular weight is 300 g/mol. The first-order valence-corrected chi connectivity index (χ1v) is 8.49. The van der Waals surface area contributed by atoms with Crippen LogP contribution in [0.1, 0.15) is 41.0 Å². The van der Waals surface area contributed by atoms with Gasteiger partial charge in [-0.05, 0) is 17.8 Å². The van der Waals surface area contributed by atoms with Gasteiger partial charge in [0.15, 0.2) is 0 Å². The molecule has 0 aromatic heterocycles. The minimum absolute atomic E-state index is 0.316. The van der Waals surface area contributed by atoms with E-state index in [0.717, 1.165) is 64.9 Å². The van der Waals surface area contributed by atoms with Crippen molar-refractivity contribution < 1.29 is 9.47 Å². The van der Waals surface area contributed by atoms with Crippen LogP contribution in [0.2, 0.25) is 0 Å². The van der Waals surface area contributed by atoms with Crippen molar-refractivity contribution >= 4 is 0 Å². The Kier molecular flexibility index (Phi) is 8.79. The van der Waals surface area contributed by atoms with Crippen molar-refractivity contribution in [3.8, 4) is 0 Å². The normalized spacial score (nSPS) is 21.1. The second kappa shape index (κ2) is 9.78. The summed E-state index contributed by atoms with van der Waals surface area (Å²) in [5.74, 6) is 0.728. The molecule has 1 heterocycles. The van der Waals surface area contributed by atoms with E-state index in [0.29, 0.717) is 11.5 Å². The Morgan fingerprint density at radius 1 is 1.29 bits per heavy atom. The molecular weight excluding hydrogens is 264 g/mol. The van der Waals surface area contributed by atoms with Crippen molar-refractivity contribution in [3.63, 3.8) is 0 Å². The zero-order valence-corrected chi connectivity index (χ0v) is 14.8. The maximum absolute atomic E-state index is 5.84. The van der Waals surface area contributed by atoms with Crippen LogP contribution in [0.5, 0.6) is 0 Å². The molecule has 0 aromatic rings. The van der Waals surface area contributed by atoms with Crippen molar-refractivity contribution in [3.05, 3.63) is 0 Å². The standard InChI is InChI=1S/C17H36N2O2/c1-15(2)6-9-20-10-7-19-8-11-21-16(13-19)12-18-14-17(3,4)5/h15-16,18H,6-14H2,1-5H3. The summed E-state index contributed by atoms with van der Waals surface area (Å²) in [4.78, 5) is 2.46. The predicted octanol–water partition coefficient (Wildman–Crippen LogP) is 2.39. The average Bonchev–Trinajstić information content (AvgIpc) is 2.37. The lowest BCUT2D eigenvalue weighted by atomic mass is 9.97. The maximum atomic E-state index is 5.84. The van der Waals surface area contributed by atoms with Gasteiger partial charge in [-0.2, -0.15) is 0 Å². The second-order valence-electron chi connectivity index (χ2n) is 7.78. The van der Waals surface area contributed by atoms with Gasteiger partial charge in [-0.25, -0.2) is 0 Å². The van der Waals surface area contributed by atoms with Crippen molar-refractivity contribution in [1.29, 1.82) is 0 Å². The minimum Gasteiger partial charge on any atom is -0.380 e. The van der Waals surface area contributed by atoms with Gasteiger partial charge in [0.25, 0.3) is 0 Å². The first-order chi connectivity index (χ1) is 9.87. The highest BCUT2D eigenvalue weighted by atomic mass is 16.5. The highest BCUT2D eigenvalue weighted by Gasteiger charge is 2.20. The topological polar surface area (TPSA) is 33.7 Å². The lowest BCUT2D eigenvalue weighted by Gasteiger charge is -2.33. The lowest BCUT2D eigenvalue weighted by Crippen LogP contribution is -2.48. The summed E-state index contributed by atoms with van der Waals surface area (Å²) in [5.41, 5.74) is 0.332. The van der Waals surface area contributed by atoms with E-state index in [4.69, 9.17) is 9.47 Å². The first-order valence-electron chi connectivity index (χ1n) is 8.49. The van der Waals surface area contributed by atoms with E-state index in [2.05, 4.69) is 44.8 Å². The molecule has 0 spiro atoms. The van der Waals surface area contributed by atoms with Gasteiger partial charge >= 0.3 is 0 Å². The van der Waals surface area contributed by atoms with Gasteiger partial charge in [0, 0.05) is 39.3 Å². The van der Waals surface area contributed by atoms with Crippen molar-refractivity contribution in [2.75, 3.05) is 52.5 Å². The number of ether oxygens (including phenoxy) is 2. The number of hydrogen-bond acceptors (Lipinski definition) is 4. The number of rotatable bonds is 9. The van der Waals surface area contributed by atoms with E-state index in [1.165, 1.54) is 0 Å². The van der Waals surface area contributed by atoms with Gasteiger partial charge < -0.3 is 14.8 Å². The van der Waals surface area contributed by atoms with Gasteiger partial charge in [-0.15, -0.1) is 0 Å². The van der Waals surface area contributed by atoms with Crippen LogP contribution in [-0.4, -0.2) is 63.5 Å². The third-order valence-electron chi connectivity index (χ3n) is 3.64. The van der Waals surface area contributed by atoms with E-state index in [1.54, 1.807) is 0 Å². The molecule has 0 saturated carbocycles. The largest absolute Gasteiger partial charge is 0.380 e. The minimum atomic E-state index is 0.316. The van der Waals surface area contributed by atoms with E-state index in [9.17, 15) is 0 Å². The Bertz CT molecular complexity index is 264. The molecule has 0 aromatic carbocycles. The number of hydrogen-bond donors (Lipinski definition) is 1. The van der Waals surface area contributed by atoms with Crippen LogP contribution in [0.3, 0.4) is 0 Å². The van der Waals surface area contributed by atoms with Gasteiger partial charge in [-0.1, -0.05) is 34.6 Å². The van der Waals surface area contributed by atoms with E-state index < -0.39 is 0 Å². The van der Waals surface area contributed by atoms with E-state index in [-0.39, 0.29) is 0 Å². The van der Waals surface area contributed by atoms with Gasteiger partial charge in [0.2, 0.25) is 0 Å². The molecule has 1 saturated heterocycles. The van der Waals surface area contributed by atoms with Crippen LogP contribution in [0.25, 0.3) is 0 Å². The molecule has 0 radical (unpaired) electrons. The SMILES string of the molecule is CC(C)CCOCCN1CCOC(CNCC(C)(C)C)C1. The highest BCUT2D eigenvalue weighted by molar-refractivity contribution is 4.75. The maximum Gasteiger partial charge on any atom is 0.0826 e. The lowest BCUT2D eigenvalue weighted by molar-refractivity contribution is -0.0356. The Morgan fingerprint density at radius 3 is 2.71 bits per heavy atom. The summed E-state index contributed by atoms with van der Waals surface area (Å²) >= 11 is 0. The summed E-state index contributed by atoms with van der Waals surface area (Å²) < 4.78 is 11.5. The van der Waals surface area contributed by atoms with Crippen molar-refractivity contribution in [2.45, 2.75) is 47.1 Å².